The van der Waals surface area contributed by atoms with Crippen LogP contribution in [0.2, 0.25) is 0 Å². The van der Waals surface area contributed by atoms with Gasteiger partial charge in [-0.2, -0.15) is 0 Å². The van der Waals surface area contributed by atoms with Crippen LogP contribution in [0, 0.1) is 0 Å². The first-order valence-corrected chi connectivity index (χ1v) is 7.12. The third-order valence-corrected chi connectivity index (χ3v) is 3.38. The van der Waals surface area contributed by atoms with Crippen molar-refractivity contribution in [2.24, 2.45) is 7.05 Å². The number of amides is 1. The summed E-state index contributed by atoms with van der Waals surface area (Å²) in [5, 5.41) is 31.7. The number of nitrogens with one attached hydrogen (secondary N) is 1. The Kier molecular flexibility index (Phi) is 5.00. The fraction of sp³-hybridized carbons (Fsp3) is 0.385. The minimum atomic E-state index is -1.34. The molecule has 5 N–H and O–H groups in total. The topological polar surface area (TPSA) is 187 Å². The molecule has 134 valence electrons. The van der Waals surface area contributed by atoms with E-state index in [4.69, 9.17) is 15.9 Å². The van der Waals surface area contributed by atoms with Crippen molar-refractivity contribution < 1.29 is 34.3 Å². The first-order valence-electron chi connectivity index (χ1n) is 7.12. The van der Waals surface area contributed by atoms with Gasteiger partial charge in [-0.3, -0.25) is 14.2 Å². The van der Waals surface area contributed by atoms with E-state index < -0.39 is 36.2 Å². The molecular formula is C13H16N6O6. The van der Waals surface area contributed by atoms with Crippen LogP contribution in [0.3, 0.4) is 0 Å². The second-order valence-electron chi connectivity index (χ2n) is 5.30. The smallest absolute Gasteiger partial charge is 0.326 e. The van der Waals surface area contributed by atoms with E-state index in [2.05, 4.69) is 15.3 Å². The van der Waals surface area contributed by atoms with Gasteiger partial charge in [0.05, 0.1) is 7.05 Å². The Bertz CT molecular complexity index is 847. The van der Waals surface area contributed by atoms with Crippen LogP contribution < -0.4 is 20.7 Å². The van der Waals surface area contributed by atoms with Gasteiger partial charge in [0.1, 0.15) is 6.04 Å². The van der Waals surface area contributed by atoms with Crippen molar-refractivity contribution in [1.82, 2.24) is 19.9 Å². The third-order valence-electron chi connectivity index (χ3n) is 3.38. The number of hydrogen-bond donors (Lipinski definition) is 4. The molecule has 2 rings (SSSR count). The molecule has 0 bridgehead atoms. The molecular weight excluding hydrogens is 336 g/mol. The highest BCUT2D eigenvalue weighted by Gasteiger charge is 2.24. The monoisotopic (exact) mass is 352 g/mol. The maximum atomic E-state index is 12.1. The van der Waals surface area contributed by atoms with Crippen molar-refractivity contribution in [3.05, 3.63) is 6.33 Å². The molecule has 0 aliphatic heterocycles. The van der Waals surface area contributed by atoms with E-state index in [0.717, 1.165) is 0 Å². The average Bonchev–Trinajstić information content (AvgIpc) is 2.78. The average molecular weight is 352 g/mol. The van der Waals surface area contributed by atoms with Gasteiger partial charge in [-0.1, -0.05) is 4.98 Å². The van der Waals surface area contributed by atoms with E-state index in [1.165, 1.54) is 15.5 Å². The summed E-state index contributed by atoms with van der Waals surface area (Å²) >= 11 is 0. The third kappa shape index (κ3) is 4.10. The Morgan fingerprint density at radius 3 is 2.68 bits per heavy atom. The Hall–Kier alpha value is -3.44. The molecule has 0 radical (unpaired) electrons. The molecule has 25 heavy (non-hydrogen) atoms. The predicted molar refractivity (Wildman–Crippen MR) is 79.0 cm³/mol. The van der Waals surface area contributed by atoms with Crippen molar-refractivity contribution >= 4 is 35.0 Å². The number of aryl methyl sites for hydroxylation is 1. The quantitative estimate of drug-likeness (QED) is 0.386. The molecule has 1 amide bonds. The summed E-state index contributed by atoms with van der Waals surface area (Å²) in [6.45, 7) is -0.329. The SMILES string of the molecule is Cn1c[n+](CC(=O)N[C@@H](CCC(=O)O)C(=O)O)c2nc(N)nc([O-])c21. The van der Waals surface area contributed by atoms with E-state index in [9.17, 15) is 19.5 Å². The summed E-state index contributed by atoms with van der Waals surface area (Å²) in [6, 6.07) is -1.34. The zero-order valence-electron chi connectivity index (χ0n) is 13.2. The van der Waals surface area contributed by atoms with Crippen molar-refractivity contribution in [3.8, 4) is 5.88 Å². The van der Waals surface area contributed by atoms with Gasteiger partial charge in [-0.05, 0) is 6.42 Å². The summed E-state index contributed by atoms with van der Waals surface area (Å²) in [7, 11) is 1.56. The van der Waals surface area contributed by atoms with E-state index in [1.54, 1.807) is 7.05 Å². The molecule has 0 saturated heterocycles. The van der Waals surface area contributed by atoms with Crippen LogP contribution in [0.4, 0.5) is 5.95 Å². The zero-order chi connectivity index (χ0) is 18.7. The zero-order valence-corrected chi connectivity index (χ0v) is 13.2. The number of aliphatic carboxylic acids is 2. The molecule has 0 aliphatic carbocycles. The van der Waals surface area contributed by atoms with E-state index in [-0.39, 0.29) is 30.1 Å². The fourth-order valence-corrected chi connectivity index (χ4v) is 2.31. The molecule has 1 atom stereocenters. The number of hydrogen-bond acceptors (Lipinski definition) is 7. The maximum Gasteiger partial charge on any atom is 0.326 e. The highest BCUT2D eigenvalue weighted by atomic mass is 16.4. The van der Waals surface area contributed by atoms with Crippen molar-refractivity contribution in [3.63, 3.8) is 0 Å². The van der Waals surface area contributed by atoms with Crippen LogP contribution in [0.25, 0.3) is 11.2 Å². The Morgan fingerprint density at radius 1 is 1.40 bits per heavy atom. The molecule has 0 spiro atoms. The van der Waals surface area contributed by atoms with Gasteiger partial charge < -0.3 is 26.4 Å². The van der Waals surface area contributed by atoms with Crippen LogP contribution >= 0.6 is 0 Å². The van der Waals surface area contributed by atoms with Gasteiger partial charge in [0.25, 0.3) is 11.9 Å². The molecule has 0 aliphatic rings. The lowest BCUT2D eigenvalue weighted by Gasteiger charge is -2.12. The summed E-state index contributed by atoms with van der Waals surface area (Å²) in [5.74, 6) is -4.04. The van der Waals surface area contributed by atoms with E-state index in [1.807, 2.05) is 0 Å². The van der Waals surface area contributed by atoms with Crippen molar-refractivity contribution in [2.45, 2.75) is 25.4 Å². The molecule has 0 unspecified atom stereocenters. The number of imidazole rings is 1. The maximum absolute atomic E-state index is 12.1. The number of carbonyl (C=O) groups is 3. The molecule has 2 aromatic rings. The number of nitrogens with zero attached hydrogens (tertiary/aromatic N) is 4. The van der Waals surface area contributed by atoms with Crippen LogP contribution in [0.1, 0.15) is 12.8 Å². The second-order valence-corrected chi connectivity index (χ2v) is 5.30. The summed E-state index contributed by atoms with van der Waals surface area (Å²) in [5.41, 5.74) is 5.72. The van der Waals surface area contributed by atoms with Gasteiger partial charge in [-0.15, -0.1) is 0 Å². The van der Waals surface area contributed by atoms with Crippen molar-refractivity contribution in [1.29, 1.82) is 0 Å². The van der Waals surface area contributed by atoms with Gasteiger partial charge in [-0.25, -0.2) is 14.3 Å². The lowest BCUT2D eigenvalue weighted by Crippen LogP contribution is -2.48. The molecule has 2 aromatic heterocycles. The number of anilines is 1. The van der Waals surface area contributed by atoms with Gasteiger partial charge >= 0.3 is 17.6 Å². The molecule has 0 aromatic carbocycles. The molecule has 12 nitrogen and oxygen atoms in total. The van der Waals surface area contributed by atoms with Crippen molar-refractivity contribution in [2.75, 3.05) is 5.73 Å². The van der Waals surface area contributed by atoms with Gasteiger partial charge in [0, 0.05) is 12.3 Å². The largest absolute Gasteiger partial charge is 0.856 e. The lowest BCUT2D eigenvalue weighted by atomic mass is 10.1. The summed E-state index contributed by atoms with van der Waals surface area (Å²) in [6.07, 6.45) is 0.769. The van der Waals surface area contributed by atoms with Crippen LogP contribution in [-0.2, 0) is 28.0 Å². The number of carboxylic acid groups (broad SMARTS) is 2. The Balaban J connectivity index is 2.18. The number of carboxylic acids is 2. The van der Waals surface area contributed by atoms with Gasteiger partial charge in [0.2, 0.25) is 0 Å². The minimum Gasteiger partial charge on any atom is -0.856 e. The fourth-order valence-electron chi connectivity index (χ4n) is 2.31. The first-order chi connectivity index (χ1) is 11.7. The van der Waals surface area contributed by atoms with Crippen LogP contribution in [0.15, 0.2) is 6.33 Å². The first kappa shape index (κ1) is 17.9. The lowest BCUT2D eigenvalue weighted by molar-refractivity contribution is -0.661. The summed E-state index contributed by atoms with van der Waals surface area (Å²) < 4.78 is 2.74. The number of rotatable bonds is 7. The molecule has 0 saturated carbocycles. The number of carbonyl (C=O) groups excluding carboxylic acids is 1. The molecule has 0 fully saturated rings. The normalized spacial score (nSPS) is 12.0. The van der Waals surface area contributed by atoms with E-state index >= 15 is 0 Å². The van der Waals surface area contributed by atoms with Crippen LogP contribution in [0.5, 0.6) is 5.88 Å². The summed E-state index contributed by atoms with van der Waals surface area (Å²) in [4.78, 5) is 41.2. The predicted octanol–water partition coefficient (Wildman–Crippen LogP) is -2.65. The standard InChI is InChI=1S/C13H16N6O6/c1-18-5-19(10-9(18)11(23)17-13(14)16-10)4-7(20)15-6(12(24)25)2-3-8(21)22/h5-6H,2-4H2,1H3,(H5-,14,15,16,17,20,21,22,23,24,25)/t6-/m0/s1. The number of aromatic nitrogens is 4. The number of nitrogens with two attached hydrogens (primary N) is 1. The molecule has 12 heteroatoms. The highest BCUT2D eigenvalue weighted by Crippen LogP contribution is 2.16. The highest BCUT2D eigenvalue weighted by molar-refractivity contribution is 5.83. The Labute approximate surface area is 140 Å². The minimum absolute atomic E-state index is 0.132. The molecule has 2 heterocycles. The number of fused-ring (bicyclic) bond motifs is 1. The van der Waals surface area contributed by atoms with Crippen LogP contribution in [-0.4, -0.2) is 48.6 Å². The Morgan fingerprint density at radius 2 is 2.08 bits per heavy atom. The number of nitrogen functional groups attached to an aromatic ring is 1. The van der Waals surface area contributed by atoms with E-state index in [0.29, 0.717) is 0 Å². The second kappa shape index (κ2) is 6.98. The van der Waals surface area contributed by atoms with Gasteiger partial charge in [0.15, 0.2) is 18.4 Å².